The van der Waals surface area contributed by atoms with E-state index in [4.69, 9.17) is 9.88 Å². The van der Waals surface area contributed by atoms with Gasteiger partial charge in [0.1, 0.15) is 8.42 Å². The van der Waals surface area contributed by atoms with Crippen LogP contribution < -0.4 is 5.14 Å². The number of methoxy groups -OCH3 is 1. The molecule has 0 spiro atoms. The van der Waals surface area contributed by atoms with E-state index in [0.29, 0.717) is 36.5 Å². The lowest BCUT2D eigenvalue weighted by Crippen LogP contribution is -2.28. The van der Waals surface area contributed by atoms with Gasteiger partial charge in [0.2, 0.25) is 10.0 Å². The van der Waals surface area contributed by atoms with Gasteiger partial charge in [0.25, 0.3) is 10.0 Å². The fourth-order valence-electron chi connectivity index (χ4n) is 1.88. The third-order valence-corrected chi connectivity index (χ3v) is 7.80. The van der Waals surface area contributed by atoms with E-state index in [1.165, 1.54) is 16.6 Å². The molecular weight excluding hydrogens is 336 g/mol. The molecule has 0 aromatic carbocycles. The molecule has 0 radical (unpaired) electrons. The highest BCUT2D eigenvalue weighted by atomic mass is 32.3. The van der Waals surface area contributed by atoms with Gasteiger partial charge in [-0.2, -0.15) is 0 Å². The Labute approximate surface area is 128 Å². The molecule has 118 valence electrons. The Morgan fingerprint density at radius 3 is 2.71 bits per heavy atom. The molecule has 0 atom stereocenters. The fraction of sp³-hybridized carbons (Fsp3) is 0.455. The summed E-state index contributed by atoms with van der Waals surface area (Å²) in [6, 6.07) is 1.28. The van der Waals surface area contributed by atoms with Crippen molar-refractivity contribution < 1.29 is 21.6 Å². The molecule has 0 aliphatic carbocycles. The maximum absolute atomic E-state index is 12.4. The summed E-state index contributed by atoms with van der Waals surface area (Å²) in [5.74, 6) is 0. The van der Waals surface area contributed by atoms with Crippen molar-refractivity contribution >= 4 is 37.5 Å². The Hall–Kier alpha value is -0.940. The Morgan fingerprint density at radius 1 is 1.38 bits per heavy atom. The minimum absolute atomic E-state index is 0.0146. The van der Waals surface area contributed by atoms with E-state index in [9.17, 15) is 16.8 Å². The lowest BCUT2D eigenvalue weighted by molar-refractivity contribution is 0.191. The number of ether oxygens (including phenoxy) is 1. The second-order valence-electron chi connectivity index (χ2n) is 4.48. The molecule has 2 heterocycles. The van der Waals surface area contributed by atoms with Crippen molar-refractivity contribution in [2.24, 2.45) is 5.14 Å². The Balaban J connectivity index is 2.25. The van der Waals surface area contributed by atoms with Crippen molar-refractivity contribution in [1.29, 1.82) is 0 Å². The van der Waals surface area contributed by atoms with E-state index in [1.807, 2.05) is 0 Å². The minimum Gasteiger partial charge on any atom is -0.385 e. The molecular formula is C11H16N2O5S3. The second-order valence-corrected chi connectivity index (χ2v) is 9.41. The van der Waals surface area contributed by atoms with Gasteiger partial charge in [0.15, 0.2) is 0 Å². The molecule has 2 rings (SSSR count). The van der Waals surface area contributed by atoms with Crippen molar-refractivity contribution in [3.8, 4) is 0 Å². The molecule has 2 N–H and O–H groups in total. The smallest absolute Gasteiger partial charge is 0.273 e. The van der Waals surface area contributed by atoms with Crippen LogP contribution >= 0.6 is 11.3 Å². The molecule has 10 heteroatoms. The van der Waals surface area contributed by atoms with E-state index in [-0.39, 0.29) is 8.42 Å². The fourth-order valence-corrected chi connectivity index (χ4v) is 5.87. The molecule has 0 bridgehead atoms. The van der Waals surface area contributed by atoms with Crippen molar-refractivity contribution in [3.05, 3.63) is 17.8 Å². The summed E-state index contributed by atoms with van der Waals surface area (Å²) in [5.41, 5.74) is 0.358. The average molecular weight is 352 g/mol. The summed E-state index contributed by atoms with van der Waals surface area (Å²) in [5, 5.41) is 5.04. The summed E-state index contributed by atoms with van der Waals surface area (Å²) in [4.78, 5) is 0. The zero-order chi connectivity index (χ0) is 15.7. The quantitative estimate of drug-likeness (QED) is 0.762. The van der Waals surface area contributed by atoms with Gasteiger partial charge in [0.05, 0.1) is 0 Å². The van der Waals surface area contributed by atoms with Crippen molar-refractivity contribution in [2.75, 3.05) is 20.3 Å². The third-order valence-electron chi connectivity index (χ3n) is 2.92. The van der Waals surface area contributed by atoms with Crippen LogP contribution in [0.3, 0.4) is 0 Å². The number of fused-ring (bicyclic) bond motifs is 1. The number of hydrogen-bond donors (Lipinski definition) is 1. The molecule has 1 aliphatic rings. The summed E-state index contributed by atoms with van der Waals surface area (Å²) in [6.45, 7) is 0.891. The number of sulfonamides is 2. The van der Waals surface area contributed by atoms with Gasteiger partial charge in [-0.1, -0.05) is 0 Å². The summed E-state index contributed by atoms with van der Waals surface area (Å²) < 4.78 is 53.5. The Morgan fingerprint density at radius 2 is 2.10 bits per heavy atom. The first-order valence-electron chi connectivity index (χ1n) is 6.12. The van der Waals surface area contributed by atoms with Crippen LogP contribution in [-0.2, 0) is 24.8 Å². The molecule has 1 aromatic rings. The molecule has 1 aromatic heterocycles. The van der Waals surface area contributed by atoms with Crippen LogP contribution in [0.15, 0.2) is 20.7 Å². The number of hydrogen-bond acceptors (Lipinski definition) is 6. The van der Waals surface area contributed by atoms with Crippen molar-refractivity contribution in [2.45, 2.75) is 21.3 Å². The highest BCUT2D eigenvalue weighted by Gasteiger charge is 2.31. The topological polar surface area (TPSA) is 107 Å². The Bertz CT molecular complexity index is 749. The van der Waals surface area contributed by atoms with Crippen LogP contribution in [-0.4, -0.2) is 41.4 Å². The Kier molecular flexibility index (Phi) is 4.73. The first-order valence-corrected chi connectivity index (χ1v) is 9.93. The van der Waals surface area contributed by atoms with Crippen molar-refractivity contribution in [3.63, 3.8) is 0 Å². The molecule has 7 nitrogen and oxygen atoms in total. The summed E-state index contributed by atoms with van der Waals surface area (Å²) in [6.07, 6.45) is 4.43. The zero-order valence-corrected chi connectivity index (χ0v) is 13.8. The first-order chi connectivity index (χ1) is 9.76. The lowest BCUT2D eigenvalue weighted by atomic mass is 10.3. The largest absolute Gasteiger partial charge is 0.385 e. The predicted octanol–water partition coefficient (Wildman–Crippen LogP) is 0.797. The number of rotatable bonds is 6. The zero-order valence-electron chi connectivity index (χ0n) is 11.4. The second kappa shape index (κ2) is 6.05. The number of nitrogens with zero attached hydrogens (tertiary/aromatic N) is 1. The van der Waals surface area contributed by atoms with Crippen LogP contribution in [0.2, 0.25) is 0 Å². The van der Waals surface area contributed by atoms with Gasteiger partial charge in [-0.3, -0.25) is 4.31 Å². The van der Waals surface area contributed by atoms with E-state index < -0.39 is 20.0 Å². The maximum Gasteiger partial charge on any atom is 0.273 e. The molecule has 0 saturated carbocycles. The third kappa shape index (κ3) is 3.46. The number of nitrogens with two attached hydrogens (primary N) is 1. The summed E-state index contributed by atoms with van der Waals surface area (Å²) >= 11 is 0.678. The molecule has 21 heavy (non-hydrogen) atoms. The first kappa shape index (κ1) is 16.4. The van der Waals surface area contributed by atoms with Gasteiger partial charge in [-0.05, 0) is 25.0 Å². The van der Waals surface area contributed by atoms with Gasteiger partial charge in [0, 0.05) is 32.0 Å². The van der Waals surface area contributed by atoms with Gasteiger partial charge >= 0.3 is 0 Å². The summed E-state index contributed by atoms with van der Waals surface area (Å²) in [7, 11) is -6.02. The van der Waals surface area contributed by atoms with Crippen LogP contribution in [0.5, 0.6) is 0 Å². The predicted molar refractivity (Wildman–Crippen MR) is 79.7 cm³/mol. The highest BCUT2D eigenvalue weighted by Crippen LogP contribution is 2.36. The molecule has 0 saturated heterocycles. The van der Waals surface area contributed by atoms with Crippen molar-refractivity contribution in [1.82, 2.24) is 4.31 Å². The van der Waals surface area contributed by atoms with E-state index in [1.54, 1.807) is 13.2 Å². The standard InChI is InChI=1S/C11H16N2O5S3/c1-18-7-3-2-5-13-6-4-9-8-10(20(12,14)15)19-11(9)21(13,16)17/h4,6,8H,2-3,5,7H2,1H3,(H2,12,14,15). The average Bonchev–Trinajstić information content (AvgIpc) is 2.82. The van der Waals surface area contributed by atoms with E-state index in [2.05, 4.69) is 0 Å². The van der Waals surface area contributed by atoms with Crippen LogP contribution in [0.1, 0.15) is 18.4 Å². The SMILES string of the molecule is COCCCCN1C=Cc2cc(S(N)(=O)=O)sc2S1(=O)=O. The molecule has 0 unspecified atom stereocenters. The van der Waals surface area contributed by atoms with Gasteiger partial charge in [-0.25, -0.2) is 22.0 Å². The normalized spacial score (nSPS) is 17.0. The monoisotopic (exact) mass is 352 g/mol. The highest BCUT2D eigenvalue weighted by molar-refractivity contribution is 7.94. The van der Waals surface area contributed by atoms with Crippen LogP contribution in [0.4, 0.5) is 0 Å². The number of thiophene rings is 1. The van der Waals surface area contributed by atoms with E-state index >= 15 is 0 Å². The minimum atomic E-state index is -3.90. The van der Waals surface area contributed by atoms with E-state index in [0.717, 1.165) is 6.42 Å². The number of unbranched alkanes of at least 4 members (excludes halogenated alkanes) is 1. The lowest BCUT2D eigenvalue weighted by Gasteiger charge is -2.22. The van der Waals surface area contributed by atoms with Gasteiger partial charge in [-0.15, -0.1) is 11.3 Å². The molecule has 0 amide bonds. The van der Waals surface area contributed by atoms with Crippen LogP contribution in [0, 0.1) is 0 Å². The molecule has 0 fully saturated rings. The maximum atomic E-state index is 12.4. The van der Waals surface area contributed by atoms with Gasteiger partial charge < -0.3 is 4.74 Å². The number of primary sulfonamides is 1. The van der Waals surface area contributed by atoms with Crippen LogP contribution in [0.25, 0.3) is 6.08 Å². The molecule has 1 aliphatic heterocycles.